The predicted octanol–water partition coefficient (Wildman–Crippen LogP) is 3.10. The molecule has 1 saturated carbocycles. The molecule has 0 bridgehead atoms. The van der Waals surface area contributed by atoms with Gasteiger partial charge >= 0.3 is 0 Å². The smallest absolute Gasteiger partial charge is 0.194 e. The van der Waals surface area contributed by atoms with Gasteiger partial charge in [-0.25, -0.2) is 17.9 Å². The Bertz CT molecular complexity index is 639. The Morgan fingerprint density at radius 3 is 2.48 bits per heavy atom. The summed E-state index contributed by atoms with van der Waals surface area (Å²) in [5.41, 5.74) is 2.06. The third-order valence-corrected chi connectivity index (χ3v) is 3.66. The first-order chi connectivity index (χ1) is 10.1. The Morgan fingerprint density at radius 1 is 1.24 bits per heavy atom. The second-order valence-corrected chi connectivity index (χ2v) is 5.26. The quantitative estimate of drug-likeness (QED) is 0.859. The number of nitrogens with one attached hydrogen (secondary N) is 1. The van der Waals surface area contributed by atoms with Gasteiger partial charge in [0.2, 0.25) is 0 Å². The number of rotatable bonds is 5. The van der Waals surface area contributed by atoms with Gasteiger partial charge in [0.05, 0.1) is 11.9 Å². The summed E-state index contributed by atoms with van der Waals surface area (Å²) in [5.74, 6) is -3.88. The third-order valence-electron chi connectivity index (χ3n) is 3.66. The van der Waals surface area contributed by atoms with Crippen LogP contribution in [0.2, 0.25) is 0 Å². The zero-order valence-corrected chi connectivity index (χ0v) is 11.7. The van der Waals surface area contributed by atoms with E-state index in [9.17, 15) is 13.2 Å². The van der Waals surface area contributed by atoms with Crippen LogP contribution in [0.1, 0.15) is 31.0 Å². The monoisotopic (exact) mass is 295 g/mol. The van der Waals surface area contributed by atoms with Gasteiger partial charge in [-0.05, 0) is 19.3 Å². The van der Waals surface area contributed by atoms with Crippen molar-refractivity contribution < 1.29 is 13.2 Å². The van der Waals surface area contributed by atoms with Crippen LogP contribution in [0.3, 0.4) is 0 Å². The molecule has 1 aliphatic rings. The number of halogens is 3. The summed E-state index contributed by atoms with van der Waals surface area (Å²) in [6.07, 6.45) is 4.73. The molecule has 3 nitrogen and oxygen atoms in total. The summed E-state index contributed by atoms with van der Waals surface area (Å²) in [6.45, 7) is 2.63. The summed E-state index contributed by atoms with van der Waals surface area (Å²) in [4.78, 5) is 0. The molecule has 0 unspecified atom stereocenters. The van der Waals surface area contributed by atoms with Crippen molar-refractivity contribution in [2.24, 2.45) is 0 Å². The van der Waals surface area contributed by atoms with E-state index in [-0.39, 0.29) is 5.69 Å². The fraction of sp³-hybridized carbons (Fsp3) is 0.400. The summed E-state index contributed by atoms with van der Waals surface area (Å²) < 4.78 is 41.2. The van der Waals surface area contributed by atoms with Crippen LogP contribution in [0.25, 0.3) is 5.69 Å². The van der Waals surface area contributed by atoms with Gasteiger partial charge in [-0.15, -0.1) is 0 Å². The second-order valence-electron chi connectivity index (χ2n) is 5.26. The van der Waals surface area contributed by atoms with E-state index in [2.05, 4.69) is 10.4 Å². The van der Waals surface area contributed by atoms with Crippen LogP contribution in [-0.4, -0.2) is 15.8 Å². The van der Waals surface area contributed by atoms with Crippen molar-refractivity contribution >= 4 is 0 Å². The van der Waals surface area contributed by atoms with Gasteiger partial charge < -0.3 is 5.32 Å². The molecule has 1 aromatic carbocycles. The number of nitrogens with zero attached hydrogens (tertiary/aromatic N) is 2. The average Bonchev–Trinajstić information content (AvgIpc) is 3.20. The van der Waals surface area contributed by atoms with Gasteiger partial charge in [-0.3, -0.25) is 0 Å². The minimum absolute atomic E-state index is 0.195. The van der Waals surface area contributed by atoms with E-state index in [1.807, 2.05) is 6.92 Å². The van der Waals surface area contributed by atoms with Crippen LogP contribution in [-0.2, 0) is 13.0 Å². The minimum atomic E-state index is -1.46. The maximum absolute atomic E-state index is 13.4. The number of hydrogen-bond acceptors (Lipinski definition) is 2. The molecule has 1 aliphatic carbocycles. The van der Waals surface area contributed by atoms with Crippen molar-refractivity contribution in [2.45, 2.75) is 38.8 Å². The Hall–Kier alpha value is -1.82. The van der Waals surface area contributed by atoms with Crippen LogP contribution in [0.4, 0.5) is 13.2 Å². The second kappa shape index (κ2) is 5.52. The standard InChI is InChI=1S/C15H16F3N3/c1-2-14-9(7-19-10-3-4-10)8-20-21(14)11-5-12(16)15(18)13(17)6-11/h5-6,8,10,19H,2-4,7H2,1H3. The van der Waals surface area contributed by atoms with Gasteiger partial charge in [-0.2, -0.15) is 5.10 Å². The molecular formula is C15H16F3N3. The lowest BCUT2D eigenvalue weighted by Gasteiger charge is -2.09. The number of aromatic nitrogens is 2. The fourth-order valence-electron chi connectivity index (χ4n) is 2.36. The van der Waals surface area contributed by atoms with Crippen LogP contribution in [0, 0.1) is 17.5 Å². The van der Waals surface area contributed by atoms with Crippen molar-refractivity contribution in [1.82, 2.24) is 15.1 Å². The van der Waals surface area contributed by atoms with Gasteiger partial charge in [-0.1, -0.05) is 6.92 Å². The molecule has 0 spiro atoms. The first-order valence-electron chi connectivity index (χ1n) is 7.04. The molecule has 0 amide bonds. The highest BCUT2D eigenvalue weighted by Crippen LogP contribution is 2.22. The van der Waals surface area contributed by atoms with E-state index < -0.39 is 17.5 Å². The molecule has 1 heterocycles. The SMILES string of the molecule is CCc1c(CNC2CC2)cnn1-c1cc(F)c(F)c(F)c1. The molecule has 6 heteroatoms. The Morgan fingerprint density at radius 2 is 1.90 bits per heavy atom. The maximum atomic E-state index is 13.4. The molecule has 21 heavy (non-hydrogen) atoms. The van der Waals surface area contributed by atoms with E-state index in [1.54, 1.807) is 6.20 Å². The number of benzene rings is 1. The summed E-state index contributed by atoms with van der Waals surface area (Å²) in [7, 11) is 0. The molecule has 112 valence electrons. The third kappa shape index (κ3) is 2.81. The van der Waals surface area contributed by atoms with Crippen molar-refractivity contribution in [3.63, 3.8) is 0 Å². The normalized spacial score (nSPS) is 14.7. The molecule has 0 radical (unpaired) electrons. The van der Waals surface area contributed by atoms with Crippen LogP contribution >= 0.6 is 0 Å². The maximum Gasteiger partial charge on any atom is 0.194 e. The van der Waals surface area contributed by atoms with E-state index in [1.165, 1.54) is 17.5 Å². The lowest BCUT2D eigenvalue weighted by atomic mass is 10.2. The molecule has 0 saturated heterocycles. The molecule has 1 N–H and O–H groups in total. The first-order valence-corrected chi connectivity index (χ1v) is 7.04. The lowest BCUT2D eigenvalue weighted by Crippen LogP contribution is -2.16. The predicted molar refractivity (Wildman–Crippen MR) is 72.7 cm³/mol. The van der Waals surface area contributed by atoms with Crippen molar-refractivity contribution in [2.75, 3.05) is 0 Å². The van der Waals surface area contributed by atoms with E-state index in [0.717, 1.165) is 23.4 Å². The molecule has 0 aliphatic heterocycles. The number of hydrogen-bond donors (Lipinski definition) is 1. The molecule has 3 rings (SSSR count). The van der Waals surface area contributed by atoms with Crippen LogP contribution in [0.15, 0.2) is 18.3 Å². The molecular weight excluding hydrogens is 279 g/mol. The molecule has 0 atom stereocenters. The Labute approximate surface area is 120 Å². The van der Waals surface area contributed by atoms with Crippen molar-refractivity contribution in [3.05, 3.63) is 47.0 Å². The highest BCUT2D eigenvalue weighted by atomic mass is 19.2. The topological polar surface area (TPSA) is 29.9 Å². The van der Waals surface area contributed by atoms with E-state index in [0.29, 0.717) is 19.0 Å². The summed E-state index contributed by atoms with van der Waals surface area (Å²) in [6, 6.07) is 2.49. The van der Waals surface area contributed by atoms with Crippen molar-refractivity contribution in [1.29, 1.82) is 0 Å². The zero-order valence-electron chi connectivity index (χ0n) is 11.7. The molecule has 1 fully saturated rings. The van der Waals surface area contributed by atoms with Crippen molar-refractivity contribution in [3.8, 4) is 5.69 Å². The zero-order chi connectivity index (χ0) is 15.0. The van der Waals surface area contributed by atoms with Gasteiger partial charge in [0, 0.05) is 36.0 Å². The largest absolute Gasteiger partial charge is 0.310 e. The van der Waals surface area contributed by atoms with Crippen LogP contribution < -0.4 is 5.32 Å². The highest BCUT2D eigenvalue weighted by Gasteiger charge is 2.21. The summed E-state index contributed by atoms with van der Waals surface area (Å²) in [5, 5.41) is 7.57. The van der Waals surface area contributed by atoms with Gasteiger partial charge in [0.25, 0.3) is 0 Å². The van der Waals surface area contributed by atoms with Gasteiger partial charge in [0.1, 0.15) is 0 Å². The Balaban J connectivity index is 1.93. The molecule has 2 aromatic rings. The lowest BCUT2D eigenvalue weighted by molar-refractivity contribution is 0.445. The average molecular weight is 295 g/mol. The van der Waals surface area contributed by atoms with E-state index >= 15 is 0 Å². The van der Waals surface area contributed by atoms with Crippen LogP contribution in [0.5, 0.6) is 0 Å². The van der Waals surface area contributed by atoms with Gasteiger partial charge in [0.15, 0.2) is 17.5 Å². The first kappa shape index (κ1) is 14.1. The summed E-state index contributed by atoms with van der Waals surface area (Å²) >= 11 is 0. The Kier molecular flexibility index (Phi) is 3.71. The fourth-order valence-corrected chi connectivity index (χ4v) is 2.36. The van der Waals surface area contributed by atoms with E-state index in [4.69, 9.17) is 0 Å². The highest BCUT2D eigenvalue weighted by molar-refractivity contribution is 5.36. The minimum Gasteiger partial charge on any atom is -0.310 e. The molecule has 1 aromatic heterocycles.